The minimum absolute atomic E-state index is 0.451. The lowest BCUT2D eigenvalue weighted by molar-refractivity contribution is 0.389. The largest absolute Gasteiger partial charge is 0.313 e. The molecule has 1 heteroatoms. The van der Waals surface area contributed by atoms with Crippen molar-refractivity contribution in [3.63, 3.8) is 0 Å². The van der Waals surface area contributed by atoms with E-state index in [4.69, 9.17) is 0 Å². The molecule has 0 saturated heterocycles. The Morgan fingerprint density at radius 3 is 2.35 bits per heavy atom. The van der Waals surface area contributed by atoms with Crippen LogP contribution in [0.25, 0.3) is 0 Å². The van der Waals surface area contributed by atoms with Gasteiger partial charge in [0.2, 0.25) is 0 Å². The van der Waals surface area contributed by atoms with Gasteiger partial charge in [-0.15, -0.1) is 0 Å². The van der Waals surface area contributed by atoms with Crippen LogP contribution in [0, 0.1) is 0 Å². The molecule has 0 spiro atoms. The SMILES string of the molecule is CCCNC(CCC)C1(c2ccccc2)CC1. The monoisotopic (exact) mass is 231 g/mol. The smallest absolute Gasteiger partial charge is 0.0164 e. The summed E-state index contributed by atoms with van der Waals surface area (Å²) in [6.45, 7) is 5.69. The van der Waals surface area contributed by atoms with Crippen LogP contribution in [0.3, 0.4) is 0 Å². The molecular weight excluding hydrogens is 206 g/mol. The molecule has 1 saturated carbocycles. The van der Waals surface area contributed by atoms with Crippen molar-refractivity contribution in [3.05, 3.63) is 35.9 Å². The number of benzene rings is 1. The number of hydrogen-bond donors (Lipinski definition) is 1. The highest BCUT2D eigenvalue weighted by molar-refractivity contribution is 5.33. The zero-order valence-electron chi connectivity index (χ0n) is 11.2. The highest BCUT2D eigenvalue weighted by Gasteiger charge is 2.49. The third-order valence-corrected chi connectivity index (χ3v) is 4.02. The van der Waals surface area contributed by atoms with Gasteiger partial charge < -0.3 is 5.32 Å². The van der Waals surface area contributed by atoms with E-state index in [-0.39, 0.29) is 0 Å². The van der Waals surface area contributed by atoms with E-state index in [1.165, 1.54) is 32.1 Å². The van der Waals surface area contributed by atoms with Crippen molar-refractivity contribution in [2.24, 2.45) is 0 Å². The third kappa shape index (κ3) is 2.71. The Kier molecular flexibility index (Phi) is 4.22. The molecule has 0 aliphatic heterocycles. The van der Waals surface area contributed by atoms with E-state index < -0.39 is 0 Å². The second-order valence-electron chi connectivity index (χ2n) is 5.32. The molecule has 1 atom stereocenters. The van der Waals surface area contributed by atoms with Crippen molar-refractivity contribution < 1.29 is 0 Å². The van der Waals surface area contributed by atoms with Crippen LogP contribution in [0.4, 0.5) is 0 Å². The summed E-state index contributed by atoms with van der Waals surface area (Å²) < 4.78 is 0. The van der Waals surface area contributed by atoms with Crippen LogP contribution in [0.1, 0.15) is 51.5 Å². The van der Waals surface area contributed by atoms with Gasteiger partial charge in [-0.1, -0.05) is 50.6 Å². The van der Waals surface area contributed by atoms with E-state index in [9.17, 15) is 0 Å². The van der Waals surface area contributed by atoms with Crippen molar-refractivity contribution in [2.75, 3.05) is 6.54 Å². The van der Waals surface area contributed by atoms with Gasteiger partial charge in [-0.3, -0.25) is 0 Å². The van der Waals surface area contributed by atoms with Gasteiger partial charge in [-0.25, -0.2) is 0 Å². The lowest BCUT2D eigenvalue weighted by Gasteiger charge is -2.28. The molecule has 1 aromatic rings. The molecular formula is C16H25N. The van der Waals surface area contributed by atoms with Gasteiger partial charge in [-0.2, -0.15) is 0 Å². The van der Waals surface area contributed by atoms with Crippen molar-refractivity contribution in [1.82, 2.24) is 5.32 Å². The lowest BCUT2D eigenvalue weighted by Crippen LogP contribution is -2.40. The second-order valence-corrected chi connectivity index (χ2v) is 5.32. The summed E-state index contributed by atoms with van der Waals surface area (Å²) >= 11 is 0. The maximum Gasteiger partial charge on any atom is 0.0164 e. The van der Waals surface area contributed by atoms with E-state index >= 15 is 0 Å². The molecule has 1 aliphatic rings. The molecule has 1 unspecified atom stereocenters. The molecule has 1 fully saturated rings. The normalized spacial score (nSPS) is 18.9. The van der Waals surface area contributed by atoms with Crippen LogP contribution in [0.15, 0.2) is 30.3 Å². The molecule has 0 radical (unpaired) electrons. The average molecular weight is 231 g/mol. The molecule has 0 bridgehead atoms. The van der Waals surface area contributed by atoms with E-state index in [2.05, 4.69) is 49.5 Å². The average Bonchev–Trinajstić information content (AvgIpc) is 3.17. The van der Waals surface area contributed by atoms with Gasteiger partial charge >= 0.3 is 0 Å². The zero-order valence-corrected chi connectivity index (χ0v) is 11.2. The Bertz CT molecular complexity index is 327. The third-order valence-electron chi connectivity index (χ3n) is 4.02. The van der Waals surface area contributed by atoms with Crippen LogP contribution in [0.5, 0.6) is 0 Å². The molecule has 1 aromatic carbocycles. The Morgan fingerprint density at radius 1 is 1.12 bits per heavy atom. The molecule has 1 nitrogen and oxygen atoms in total. The highest BCUT2D eigenvalue weighted by atomic mass is 14.9. The van der Waals surface area contributed by atoms with E-state index in [0.29, 0.717) is 11.5 Å². The van der Waals surface area contributed by atoms with E-state index in [1.807, 2.05) is 0 Å². The second kappa shape index (κ2) is 5.68. The first-order valence-corrected chi connectivity index (χ1v) is 7.12. The molecule has 94 valence electrons. The Morgan fingerprint density at radius 2 is 1.82 bits per heavy atom. The predicted molar refractivity (Wildman–Crippen MR) is 74.3 cm³/mol. The minimum atomic E-state index is 0.451. The Balaban J connectivity index is 2.11. The van der Waals surface area contributed by atoms with Crippen LogP contribution < -0.4 is 5.32 Å². The lowest BCUT2D eigenvalue weighted by atomic mass is 9.85. The summed E-state index contributed by atoms with van der Waals surface area (Å²) in [7, 11) is 0. The summed E-state index contributed by atoms with van der Waals surface area (Å²) in [5.74, 6) is 0. The maximum absolute atomic E-state index is 3.77. The first-order chi connectivity index (χ1) is 8.33. The summed E-state index contributed by atoms with van der Waals surface area (Å²) in [5.41, 5.74) is 1.99. The fourth-order valence-corrected chi connectivity index (χ4v) is 2.92. The Hall–Kier alpha value is -0.820. The Labute approximate surface area is 106 Å². The first-order valence-electron chi connectivity index (χ1n) is 7.12. The van der Waals surface area contributed by atoms with Crippen LogP contribution in [-0.2, 0) is 5.41 Å². The van der Waals surface area contributed by atoms with Crippen LogP contribution >= 0.6 is 0 Å². The summed E-state index contributed by atoms with van der Waals surface area (Å²) in [6.07, 6.45) is 6.52. The van der Waals surface area contributed by atoms with Gasteiger partial charge in [0.05, 0.1) is 0 Å². The van der Waals surface area contributed by atoms with Gasteiger partial charge in [0.1, 0.15) is 0 Å². The number of hydrogen-bond acceptors (Lipinski definition) is 1. The molecule has 1 N–H and O–H groups in total. The van der Waals surface area contributed by atoms with Crippen molar-refractivity contribution in [3.8, 4) is 0 Å². The molecule has 0 heterocycles. The molecule has 17 heavy (non-hydrogen) atoms. The first kappa shape index (κ1) is 12.6. The van der Waals surface area contributed by atoms with E-state index in [1.54, 1.807) is 5.56 Å². The fourth-order valence-electron chi connectivity index (χ4n) is 2.92. The summed E-state index contributed by atoms with van der Waals surface area (Å²) in [6, 6.07) is 11.8. The van der Waals surface area contributed by atoms with Gasteiger partial charge in [-0.05, 0) is 37.8 Å². The van der Waals surface area contributed by atoms with Gasteiger partial charge in [0.15, 0.2) is 0 Å². The number of rotatable bonds is 7. The molecule has 1 aliphatic carbocycles. The quantitative estimate of drug-likeness (QED) is 0.751. The highest BCUT2D eigenvalue weighted by Crippen LogP contribution is 2.51. The standard InChI is InChI=1S/C16H25N/c1-3-8-15(17-13-4-2)16(11-12-16)14-9-6-5-7-10-14/h5-7,9-10,15,17H,3-4,8,11-13H2,1-2H3. The minimum Gasteiger partial charge on any atom is -0.313 e. The van der Waals surface area contributed by atoms with E-state index in [0.717, 1.165) is 6.54 Å². The molecule has 2 rings (SSSR count). The summed E-state index contributed by atoms with van der Waals surface area (Å²) in [5, 5.41) is 3.77. The summed E-state index contributed by atoms with van der Waals surface area (Å²) in [4.78, 5) is 0. The van der Waals surface area contributed by atoms with Crippen molar-refractivity contribution in [1.29, 1.82) is 0 Å². The fraction of sp³-hybridized carbons (Fsp3) is 0.625. The van der Waals surface area contributed by atoms with Crippen molar-refractivity contribution >= 4 is 0 Å². The molecule has 0 amide bonds. The number of nitrogens with one attached hydrogen (secondary N) is 1. The van der Waals surface area contributed by atoms with Crippen molar-refractivity contribution in [2.45, 2.75) is 57.4 Å². The maximum atomic E-state index is 3.77. The van der Waals surface area contributed by atoms with Crippen LogP contribution in [0.2, 0.25) is 0 Å². The van der Waals surface area contributed by atoms with Gasteiger partial charge in [0, 0.05) is 11.5 Å². The van der Waals surface area contributed by atoms with Gasteiger partial charge in [0.25, 0.3) is 0 Å². The molecule has 0 aromatic heterocycles. The zero-order chi connectivity index (χ0) is 12.1. The predicted octanol–water partition coefficient (Wildman–Crippen LogP) is 3.89. The topological polar surface area (TPSA) is 12.0 Å². The van der Waals surface area contributed by atoms with Crippen LogP contribution in [-0.4, -0.2) is 12.6 Å².